The lowest BCUT2D eigenvalue weighted by molar-refractivity contribution is -0.119. The van der Waals surface area contributed by atoms with Crippen molar-refractivity contribution in [2.45, 2.75) is 37.6 Å². The second-order valence-electron chi connectivity index (χ2n) is 6.89. The van der Waals surface area contributed by atoms with Gasteiger partial charge in [-0.1, -0.05) is 36.0 Å². The maximum Gasteiger partial charge on any atom is 0.262 e. The van der Waals surface area contributed by atoms with Gasteiger partial charge < -0.3 is 10.1 Å². The zero-order chi connectivity index (χ0) is 19.5. The Balaban J connectivity index is 1.56. The molecule has 1 aliphatic heterocycles. The molecule has 1 amide bonds. The molecule has 1 N–H and O–H groups in total. The smallest absolute Gasteiger partial charge is 0.262 e. The van der Waals surface area contributed by atoms with Crippen LogP contribution in [0.1, 0.15) is 19.8 Å². The first-order chi connectivity index (χ1) is 13.7. The number of fused-ring (bicyclic) bond motifs is 2. The number of carbonyl (C=O) groups excluding carboxylic acids is 1. The quantitative estimate of drug-likeness (QED) is 0.393. The number of aromatic nitrogens is 2. The van der Waals surface area contributed by atoms with Gasteiger partial charge in [0, 0.05) is 19.7 Å². The number of nitrogens with one attached hydrogen (secondary N) is 1. The SMILES string of the molecule is CCn1c(SCC(=O)NCC2CCCO2)nc2cc3ccccc3cc2c1=O. The Hall–Kier alpha value is -2.38. The Bertz CT molecular complexity index is 1070. The van der Waals surface area contributed by atoms with E-state index in [0.29, 0.717) is 29.1 Å². The average molecular weight is 398 g/mol. The van der Waals surface area contributed by atoms with Crippen LogP contribution in [-0.4, -0.2) is 40.5 Å². The van der Waals surface area contributed by atoms with Gasteiger partial charge in [-0.2, -0.15) is 0 Å². The minimum atomic E-state index is -0.0731. The van der Waals surface area contributed by atoms with Crippen molar-refractivity contribution >= 4 is 39.3 Å². The van der Waals surface area contributed by atoms with E-state index >= 15 is 0 Å². The van der Waals surface area contributed by atoms with E-state index in [-0.39, 0.29) is 23.3 Å². The highest BCUT2D eigenvalue weighted by Crippen LogP contribution is 2.22. The fraction of sp³-hybridized carbons (Fsp3) is 0.381. The average Bonchev–Trinajstić information content (AvgIpc) is 3.23. The minimum absolute atomic E-state index is 0.0690. The Labute approximate surface area is 167 Å². The van der Waals surface area contributed by atoms with Gasteiger partial charge in [0.15, 0.2) is 5.16 Å². The first-order valence-corrected chi connectivity index (χ1v) is 10.6. The van der Waals surface area contributed by atoms with Gasteiger partial charge in [-0.05, 0) is 42.7 Å². The normalized spacial score (nSPS) is 16.7. The van der Waals surface area contributed by atoms with Crippen LogP contribution in [0.5, 0.6) is 0 Å². The molecular weight excluding hydrogens is 374 g/mol. The number of benzene rings is 2. The number of ether oxygens (including phenoxy) is 1. The second-order valence-corrected chi connectivity index (χ2v) is 7.83. The molecule has 0 saturated carbocycles. The molecule has 1 atom stereocenters. The molecule has 6 nitrogen and oxygen atoms in total. The summed E-state index contributed by atoms with van der Waals surface area (Å²) in [6, 6.07) is 11.8. The van der Waals surface area contributed by atoms with Crippen LogP contribution in [0.4, 0.5) is 0 Å². The molecule has 146 valence electrons. The molecular formula is C21H23N3O3S. The molecule has 0 spiro atoms. The zero-order valence-electron chi connectivity index (χ0n) is 15.8. The molecule has 1 aromatic heterocycles. The van der Waals surface area contributed by atoms with Crippen LogP contribution in [0.3, 0.4) is 0 Å². The Morgan fingerprint density at radius 3 is 2.82 bits per heavy atom. The minimum Gasteiger partial charge on any atom is -0.376 e. The molecule has 1 aliphatic rings. The third-order valence-electron chi connectivity index (χ3n) is 4.99. The fourth-order valence-corrected chi connectivity index (χ4v) is 4.38. The molecule has 4 rings (SSSR count). The second kappa shape index (κ2) is 8.32. The number of carbonyl (C=O) groups is 1. The van der Waals surface area contributed by atoms with E-state index in [0.717, 1.165) is 30.2 Å². The van der Waals surface area contributed by atoms with Crippen LogP contribution >= 0.6 is 11.8 Å². The Morgan fingerprint density at radius 2 is 2.11 bits per heavy atom. The van der Waals surface area contributed by atoms with Crippen LogP contribution in [0.2, 0.25) is 0 Å². The Morgan fingerprint density at radius 1 is 1.32 bits per heavy atom. The third-order valence-corrected chi connectivity index (χ3v) is 5.96. The van der Waals surface area contributed by atoms with Crippen molar-refractivity contribution < 1.29 is 9.53 Å². The monoisotopic (exact) mass is 397 g/mol. The number of hydrogen-bond donors (Lipinski definition) is 1. The van der Waals surface area contributed by atoms with Gasteiger partial charge in [0.05, 0.1) is 22.8 Å². The molecule has 0 bridgehead atoms. The summed E-state index contributed by atoms with van der Waals surface area (Å²) >= 11 is 1.30. The molecule has 7 heteroatoms. The van der Waals surface area contributed by atoms with Gasteiger partial charge in [-0.3, -0.25) is 14.2 Å². The number of rotatable bonds is 6. The van der Waals surface area contributed by atoms with Crippen molar-refractivity contribution in [2.24, 2.45) is 0 Å². The highest BCUT2D eigenvalue weighted by Gasteiger charge is 2.17. The summed E-state index contributed by atoms with van der Waals surface area (Å²) in [4.78, 5) is 29.8. The number of thioether (sulfide) groups is 1. The molecule has 28 heavy (non-hydrogen) atoms. The Kier molecular flexibility index (Phi) is 5.64. The molecule has 0 radical (unpaired) electrons. The van der Waals surface area contributed by atoms with E-state index in [1.165, 1.54) is 11.8 Å². The largest absolute Gasteiger partial charge is 0.376 e. The summed E-state index contributed by atoms with van der Waals surface area (Å²) in [5.74, 6) is 0.147. The van der Waals surface area contributed by atoms with Crippen LogP contribution in [-0.2, 0) is 16.1 Å². The standard InChI is InChI=1S/C21H23N3O3S/c1-2-24-20(26)17-10-14-6-3-4-7-15(14)11-18(17)23-21(24)28-13-19(25)22-12-16-8-5-9-27-16/h3-4,6-7,10-11,16H,2,5,8-9,12-13H2,1H3,(H,22,25). The first kappa shape index (κ1) is 19.0. The van der Waals surface area contributed by atoms with E-state index in [1.54, 1.807) is 4.57 Å². The van der Waals surface area contributed by atoms with E-state index in [9.17, 15) is 9.59 Å². The lowest BCUT2D eigenvalue weighted by Crippen LogP contribution is -2.33. The van der Waals surface area contributed by atoms with Gasteiger partial charge in [0.2, 0.25) is 5.91 Å². The predicted octanol–water partition coefficient (Wildman–Crippen LogP) is 2.96. The molecule has 0 aliphatic carbocycles. The van der Waals surface area contributed by atoms with E-state index in [4.69, 9.17) is 4.74 Å². The molecule has 1 saturated heterocycles. The maximum atomic E-state index is 13.0. The van der Waals surface area contributed by atoms with Crippen LogP contribution in [0.25, 0.3) is 21.7 Å². The molecule has 1 fully saturated rings. The zero-order valence-corrected chi connectivity index (χ0v) is 16.6. The summed E-state index contributed by atoms with van der Waals surface area (Å²) < 4.78 is 7.16. The third kappa shape index (κ3) is 3.91. The number of hydrogen-bond acceptors (Lipinski definition) is 5. The maximum absolute atomic E-state index is 13.0. The van der Waals surface area contributed by atoms with Crippen LogP contribution in [0.15, 0.2) is 46.3 Å². The first-order valence-electron chi connectivity index (χ1n) is 9.60. The van der Waals surface area contributed by atoms with Crippen molar-refractivity contribution in [3.63, 3.8) is 0 Å². The van der Waals surface area contributed by atoms with Crippen LogP contribution in [0, 0.1) is 0 Å². The van der Waals surface area contributed by atoms with Gasteiger partial charge in [0.1, 0.15) is 0 Å². The van der Waals surface area contributed by atoms with Gasteiger partial charge in [-0.25, -0.2) is 4.98 Å². The molecule has 2 aromatic carbocycles. The molecule has 3 aromatic rings. The summed E-state index contributed by atoms with van der Waals surface area (Å²) in [6.45, 7) is 3.73. The topological polar surface area (TPSA) is 73.2 Å². The molecule has 1 unspecified atom stereocenters. The van der Waals surface area contributed by atoms with E-state index in [1.807, 2.05) is 43.3 Å². The van der Waals surface area contributed by atoms with Crippen molar-refractivity contribution in [1.29, 1.82) is 0 Å². The van der Waals surface area contributed by atoms with Gasteiger partial charge >= 0.3 is 0 Å². The van der Waals surface area contributed by atoms with Crippen molar-refractivity contribution in [1.82, 2.24) is 14.9 Å². The fourth-order valence-electron chi connectivity index (χ4n) is 3.49. The number of amides is 1. The van der Waals surface area contributed by atoms with Gasteiger partial charge in [-0.15, -0.1) is 0 Å². The van der Waals surface area contributed by atoms with Crippen LogP contribution < -0.4 is 10.9 Å². The molecule has 2 heterocycles. The summed E-state index contributed by atoms with van der Waals surface area (Å²) in [5, 5.41) is 6.15. The van der Waals surface area contributed by atoms with Crippen molar-refractivity contribution in [3.05, 3.63) is 46.8 Å². The highest BCUT2D eigenvalue weighted by molar-refractivity contribution is 7.99. The van der Waals surface area contributed by atoms with Crippen molar-refractivity contribution in [3.8, 4) is 0 Å². The summed E-state index contributed by atoms with van der Waals surface area (Å²) in [7, 11) is 0. The lowest BCUT2D eigenvalue weighted by atomic mass is 10.1. The van der Waals surface area contributed by atoms with E-state index < -0.39 is 0 Å². The van der Waals surface area contributed by atoms with E-state index in [2.05, 4.69) is 10.3 Å². The van der Waals surface area contributed by atoms with Gasteiger partial charge in [0.25, 0.3) is 5.56 Å². The summed E-state index contributed by atoms with van der Waals surface area (Å²) in [6.07, 6.45) is 2.16. The summed E-state index contributed by atoms with van der Waals surface area (Å²) in [5.41, 5.74) is 0.594. The highest BCUT2D eigenvalue weighted by atomic mass is 32.2. The number of nitrogens with zero attached hydrogens (tertiary/aromatic N) is 2. The predicted molar refractivity (Wildman–Crippen MR) is 112 cm³/mol. The van der Waals surface area contributed by atoms with Crippen molar-refractivity contribution in [2.75, 3.05) is 18.9 Å². The lowest BCUT2D eigenvalue weighted by Gasteiger charge is -2.13.